The number of aliphatic imine (C=N–C) groups is 1. The lowest BCUT2D eigenvalue weighted by Crippen LogP contribution is -2.39. The molecule has 41 heavy (non-hydrogen) atoms. The normalized spacial score (nSPS) is 15.9. The van der Waals surface area contributed by atoms with Gasteiger partial charge in [0.15, 0.2) is 0 Å². The van der Waals surface area contributed by atoms with Crippen LogP contribution in [0, 0.1) is 18.8 Å². The molecule has 1 aromatic heterocycles. The first-order valence-corrected chi connectivity index (χ1v) is 15.2. The number of pyridine rings is 1. The Labute approximate surface area is 254 Å². The highest BCUT2D eigenvalue weighted by Gasteiger charge is 2.31. The minimum absolute atomic E-state index is 0.166. The zero-order valence-electron chi connectivity index (χ0n) is 27.2. The fourth-order valence-corrected chi connectivity index (χ4v) is 5.17. The molecular weight excluding hydrogens is 530 g/mol. The lowest BCUT2D eigenvalue weighted by atomic mass is 9.84. The summed E-state index contributed by atoms with van der Waals surface area (Å²) in [5, 5.41) is 0.512. The molecule has 0 aliphatic heterocycles. The Hall–Kier alpha value is -2.66. The standard InChI is InChI=1S/C35H52ClN3O2/c1-22(2)21-39(34(40)41-35(9,10)11)16-15-24(5)17-29(23(3)4)33(27(8)37-12)31(28-13-14-28)18-25(6)30-19-32(36)38-20-26(30)7/h18-20,22,25,28H,3,5,13-17,21H2,1-2,4,6-12H3/b31-18-,33-29+,37-27-. The highest BCUT2D eigenvalue weighted by atomic mass is 35.5. The molecule has 2 rings (SSSR count). The van der Waals surface area contributed by atoms with E-state index < -0.39 is 5.60 Å². The first-order valence-electron chi connectivity index (χ1n) is 14.8. The minimum atomic E-state index is -0.534. The van der Waals surface area contributed by atoms with Crippen LogP contribution in [0.4, 0.5) is 4.79 Å². The lowest BCUT2D eigenvalue weighted by Gasteiger charge is -2.29. The molecule has 1 fully saturated rings. The molecule has 1 amide bonds. The van der Waals surface area contributed by atoms with E-state index in [1.807, 2.05) is 45.0 Å². The maximum absolute atomic E-state index is 12.9. The van der Waals surface area contributed by atoms with E-state index in [-0.39, 0.29) is 12.0 Å². The Balaban J connectivity index is 2.43. The van der Waals surface area contributed by atoms with E-state index in [2.05, 4.69) is 70.8 Å². The van der Waals surface area contributed by atoms with Crippen LogP contribution in [0.15, 0.2) is 64.4 Å². The van der Waals surface area contributed by atoms with Crippen LogP contribution in [0.5, 0.6) is 0 Å². The molecule has 226 valence electrons. The summed E-state index contributed by atoms with van der Waals surface area (Å²) >= 11 is 6.27. The SMILES string of the molecule is C=C(CCN(CC(C)C)C(=O)OC(C)(C)C)C/C(C(=C)C)=C(C(=C/C(C)c1cc(Cl)ncc1C)\C1CC1)/C(C)=N\C. The van der Waals surface area contributed by atoms with Crippen molar-refractivity contribution in [2.45, 2.75) is 99.5 Å². The van der Waals surface area contributed by atoms with Crippen molar-refractivity contribution in [3.63, 3.8) is 0 Å². The number of hydrogen-bond donors (Lipinski definition) is 0. The van der Waals surface area contributed by atoms with E-state index in [9.17, 15) is 4.79 Å². The van der Waals surface area contributed by atoms with Gasteiger partial charge in [-0.3, -0.25) is 4.99 Å². The van der Waals surface area contributed by atoms with Gasteiger partial charge in [0.25, 0.3) is 0 Å². The molecule has 1 saturated carbocycles. The second-order valence-corrected chi connectivity index (χ2v) is 13.4. The maximum Gasteiger partial charge on any atom is 0.410 e. The maximum atomic E-state index is 12.9. The summed E-state index contributed by atoms with van der Waals surface area (Å²) in [6, 6.07) is 1.97. The van der Waals surface area contributed by atoms with Gasteiger partial charge in [0.05, 0.1) is 0 Å². The summed E-state index contributed by atoms with van der Waals surface area (Å²) in [6.07, 6.45) is 7.66. The predicted octanol–water partition coefficient (Wildman–Crippen LogP) is 9.68. The summed E-state index contributed by atoms with van der Waals surface area (Å²) in [5.74, 6) is 1.00. The molecule has 0 N–H and O–H groups in total. The van der Waals surface area contributed by atoms with Crippen LogP contribution < -0.4 is 0 Å². The number of halogens is 1. The van der Waals surface area contributed by atoms with Crippen molar-refractivity contribution in [2.75, 3.05) is 20.1 Å². The number of aryl methyl sites for hydroxylation is 1. The van der Waals surface area contributed by atoms with Crippen LogP contribution >= 0.6 is 11.6 Å². The largest absolute Gasteiger partial charge is 0.444 e. The number of aromatic nitrogens is 1. The van der Waals surface area contributed by atoms with Gasteiger partial charge in [0.2, 0.25) is 0 Å². The van der Waals surface area contributed by atoms with Gasteiger partial charge in [-0.1, -0.05) is 62.8 Å². The third kappa shape index (κ3) is 10.9. The molecule has 1 unspecified atom stereocenters. The molecule has 0 bridgehead atoms. The molecule has 5 nitrogen and oxygen atoms in total. The summed E-state index contributed by atoms with van der Waals surface area (Å²) in [6.45, 7) is 28.4. The summed E-state index contributed by atoms with van der Waals surface area (Å²) in [4.78, 5) is 23.6. The molecule has 1 atom stereocenters. The third-order valence-electron chi connectivity index (χ3n) is 7.25. The second kappa shape index (κ2) is 15.0. The van der Waals surface area contributed by atoms with Crippen molar-refractivity contribution >= 4 is 23.4 Å². The monoisotopic (exact) mass is 581 g/mol. The van der Waals surface area contributed by atoms with E-state index in [0.717, 1.165) is 22.4 Å². The lowest BCUT2D eigenvalue weighted by molar-refractivity contribution is 0.0230. The zero-order chi connectivity index (χ0) is 31.1. The molecule has 1 heterocycles. The highest BCUT2D eigenvalue weighted by Crippen LogP contribution is 2.44. The average Bonchev–Trinajstić information content (AvgIpc) is 3.70. The van der Waals surface area contributed by atoms with Crippen LogP contribution in [0.2, 0.25) is 5.15 Å². The first-order chi connectivity index (χ1) is 19.0. The number of amides is 1. The van der Waals surface area contributed by atoms with Gasteiger partial charge in [-0.15, -0.1) is 0 Å². The number of carbonyl (C=O) groups is 1. The molecule has 0 aromatic carbocycles. The molecular formula is C35H52ClN3O2. The number of nitrogens with zero attached hydrogens (tertiary/aromatic N) is 3. The molecule has 0 radical (unpaired) electrons. The molecule has 1 aliphatic rings. The Kier molecular flexibility index (Phi) is 12.6. The Morgan fingerprint density at radius 3 is 2.39 bits per heavy atom. The highest BCUT2D eigenvalue weighted by molar-refractivity contribution is 6.29. The summed E-state index contributed by atoms with van der Waals surface area (Å²) in [5.41, 5.74) is 8.52. The Morgan fingerprint density at radius 1 is 1.24 bits per heavy atom. The summed E-state index contributed by atoms with van der Waals surface area (Å²) < 4.78 is 5.69. The van der Waals surface area contributed by atoms with E-state index in [1.54, 1.807) is 0 Å². The molecule has 1 aliphatic carbocycles. The quantitative estimate of drug-likeness (QED) is 0.101. The van der Waals surface area contributed by atoms with Crippen molar-refractivity contribution < 1.29 is 9.53 Å². The van der Waals surface area contributed by atoms with Crippen LogP contribution in [-0.4, -0.2) is 47.4 Å². The Bertz CT molecular complexity index is 1210. The Morgan fingerprint density at radius 2 is 1.88 bits per heavy atom. The molecule has 0 spiro atoms. The van der Waals surface area contributed by atoms with Crippen LogP contribution in [0.25, 0.3) is 0 Å². The summed E-state index contributed by atoms with van der Waals surface area (Å²) in [7, 11) is 1.85. The molecule has 1 aromatic rings. The van der Waals surface area contributed by atoms with Crippen molar-refractivity contribution in [3.8, 4) is 0 Å². The van der Waals surface area contributed by atoms with Gasteiger partial charge in [-0.25, -0.2) is 9.78 Å². The van der Waals surface area contributed by atoms with Crippen molar-refractivity contribution in [2.24, 2.45) is 16.8 Å². The first kappa shape index (κ1) is 34.5. The third-order valence-corrected chi connectivity index (χ3v) is 7.46. The number of rotatable bonds is 13. The number of allylic oxidation sites excluding steroid dienone is 5. The predicted molar refractivity (Wildman–Crippen MR) is 175 cm³/mol. The zero-order valence-corrected chi connectivity index (χ0v) is 27.9. The topological polar surface area (TPSA) is 54.8 Å². The van der Waals surface area contributed by atoms with Crippen molar-refractivity contribution in [1.29, 1.82) is 0 Å². The molecule has 6 heteroatoms. The van der Waals surface area contributed by atoms with Gasteiger partial charge >= 0.3 is 6.09 Å². The van der Waals surface area contributed by atoms with Crippen LogP contribution in [0.3, 0.4) is 0 Å². The van der Waals surface area contributed by atoms with E-state index in [0.29, 0.717) is 42.9 Å². The number of ether oxygens (including phenoxy) is 1. The van der Waals surface area contributed by atoms with Gasteiger partial charge in [-0.2, -0.15) is 0 Å². The fourth-order valence-electron chi connectivity index (χ4n) is 5.00. The van der Waals surface area contributed by atoms with Crippen LogP contribution in [0.1, 0.15) is 98.1 Å². The van der Waals surface area contributed by atoms with Crippen LogP contribution in [-0.2, 0) is 4.74 Å². The minimum Gasteiger partial charge on any atom is -0.444 e. The van der Waals surface area contributed by atoms with E-state index in [4.69, 9.17) is 16.3 Å². The average molecular weight is 582 g/mol. The fraction of sp³-hybridized carbons (Fsp3) is 0.571. The van der Waals surface area contributed by atoms with Crippen molar-refractivity contribution in [3.05, 3.63) is 75.6 Å². The van der Waals surface area contributed by atoms with E-state index in [1.165, 1.54) is 35.1 Å². The second-order valence-electron chi connectivity index (χ2n) is 13.0. The van der Waals surface area contributed by atoms with Gasteiger partial charge < -0.3 is 9.64 Å². The van der Waals surface area contributed by atoms with Crippen molar-refractivity contribution in [1.82, 2.24) is 9.88 Å². The van der Waals surface area contributed by atoms with Gasteiger partial charge in [0.1, 0.15) is 10.8 Å². The van der Waals surface area contributed by atoms with Gasteiger partial charge in [0, 0.05) is 43.5 Å². The number of hydrogen-bond acceptors (Lipinski definition) is 4. The van der Waals surface area contributed by atoms with Gasteiger partial charge in [-0.05, 0) is 107 Å². The molecule has 0 saturated heterocycles. The smallest absolute Gasteiger partial charge is 0.410 e. The van der Waals surface area contributed by atoms with E-state index >= 15 is 0 Å². The number of carbonyl (C=O) groups excluding carboxylic acids is 1.